The van der Waals surface area contributed by atoms with Crippen LogP contribution in [0.1, 0.15) is 12.0 Å². The van der Waals surface area contributed by atoms with Gasteiger partial charge in [0.2, 0.25) is 5.82 Å². The van der Waals surface area contributed by atoms with Crippen molar-refractivity contribution in [2.75, 3.05) is 11.3 Å². The van der Waals surface area contributed by atoms with E-state index in [-0.39, 0.29) is 16.6 Å². The summed E-state index contributed by atoms with van der Waals surface area (Å²) in [6.45, 7) is 0.356. The molecule has 0 aliphatic rings. The highest BCUT2D eigenvalue weighted by atomic mass is 79.9. The van der Waals surface area contributed by atoms with Crippen LogP contribution in [0.4, 0.5) is 5.82 Å². The number of fused-ring (bicyclic) bond motifs is 1. The minimum Gasteiger partial charge on any atom is -0.475 e. The second kappa shape index (κ2) is 9.40. The number of hydrogen-bond donors (Lipinski definition) is 1. The zero-order valence-electron chi connectivity index (χ0n) is 16.4. The molecule has 2 heterocycles. The molecule has 4 rings (SSSR count). The van der Waals surface area contributed by atoms with Gasteiger partial charge in [-0.2, -0.15) is 0 Å². The molecule has 2 aromatic carbocycles. The third-order valence-electron chi connectivity index (χ3n) is 4.46. The van der Waals surface area contributed by atoms with Gasteiger partial charge in [-0.15, -0.1) is 0 Å². The van der Waals surface area contributed by atoms with E-state index >= 15 is 0 Å². The molecule has 0 aliphatic carbocycles. The normalized spacial score (nSPS) is 11.4. The Bertz CT molecular complexity index is 1280. The SMILES string of the molecule is O=S(=O)(Nc1nc2ccccc2nc1OCCCc1cccnc1)c1ccc(Br)cc1. The summed E-state index contributed by atoms with van der Waals surface area (Å²) in [6.07, 6.45) is 5.05. The quantitative estimate of drug-likeness (QED) is 0.356. The molecule has 0 atom stereocenters. The van der Waals surface area contributed by atoms with E-state index in [1.54, 1.807) is 30.5 Å². The maximum absolute atomic E-state index is 12.9. The molecule has 7 nitrogen and oxygen atoms in total. The highest BCUT2D eigenvalue weighted by Crippen LogP contribution is 2.26. The number of para-hydroxylation sites is 2. The number of halogens is 1. The van der Waals surface area contributed by atoms with E-state index in [1.165, 1.54) is 12.1 Å². The molecule has 0 spiro atoms. The van der Waals surface area contributed by atoms with E-state index in [9.17, 15) is 8.42 Å². The van der Waals surface area contributed by atoms with Gasteiger partial charge in [-0.05, 0) is 60.9 Å². The van der Waals surface area contributed by atoms with E-state index in [2.05, 4.69) is 35.6 Å². The number of aryl methyl sites for hydroxylation is 1. The number of nitrogens with one attached hydrogen (secondary N) is 1. The Morgan fingerprint density at radius 1 is 0.935 bits per heavy atom. The van der Waals surface area contributed by atoms with Crippen molar-refractivity contribution in [2.24, 2.45) is 0 Å². The lowest BCUT2D eigenvalue weighted by atomic mass is 10.2. The van der Waals surface area contributed by atoms with Crippen LogP contribution in [0, 0.1) is 0 Å². The van der Waals surface area contributed by atoms with E-state index in [4.69, 9.17) is 4.74 Å². The van der Waals surface area contributed by atoms with Crippen LogP contribution >= 0.6 is 15.9 Å². The number of aromatic nitrogens is 3. The van der Waals surface area contributed by atoms with Crippen LogP contribution in [-0.4, -0.2) is 30.0 Å². The molecule has 0 unspecified atom stereocenters. The fourth-order valence-corrected chi connectivity index (χ4v) is 4.21. The number of ether oxygens (including phenoxy) is 1. The van der Waals surface area contributed by atoms with Gasteiger partial charge in [0.1, 0.15) is 0 Å². The zero-order chi connectivity index (χ0) is 21.7. The topological polar surface area (TPSA) is 94.1 Å². The molecule has 9 heteroatoms. The Balaban J connectivity index is 1.56. The Morgan fingerprint density at radius 2 is 1.68 bits per heavy atom. The molecule has 0 saturated heterocycles. The maximum atomic E-state index is 12.9. The smallest absolute Gasteiger partial charge is 0.263 e. The number of rotatable bonds is 8. The average Bonchev–Trinajstić information content (AvgIpc) is 2.77. The minimum absolute atomic E-state index is 0.0583. The molecule has 31 heavy (non-hydrogen) atoms. The molecular weight excluding hydrogens is 480 g/mol. The van der Waals surface area contributed by atoms with Crippen LogP contribution in [0.25, 0.3) is 11.0 Å². The highest BCUT2D eigenvalue weighted by Gasteiger charge is 2.19. The van der Waals surface area contributed by atoms with Gasteiger partial charge in [-0.3, -0.25) is 9.71 Å². The molecule has 1 N–H and O–H groups in total. The van der Waals surface area contributed by atoms with Gasteiger partial charge in [0.15, 0.2) is 0 Å². The number of sulfonamides is 1. The second-order valence-electron chi connectivity index (χ2n) is 6.74. The van der Waals surface area contributed by atoms with Crippen LogP contribution in [0.3, 0.4) is 0 Å². The van der Waals surface area contributed by atoms with E-state index in [1.807, 2.05) is 30.5 Å². The van der Waals surface area contributed by atoms with Crippen LogP contribution in [0.5, 0.6) is 5.88 Å². The first-order valence-electron chi connectivity index (χ1n) is 9.58. The summed E-state index contributed by atoms with van der Waals surface area (Å²) >= 11 is 3.31. The van der Waals surface area contributed by atoms with Crippen LogP contribution in [0.2, 0.25) is 0 Å². The molecule has 0 amide bonds. The van der Waals surface area contributed by atoms with E-state index < -0.39 is 10.0 Å². The Hall–Kier alpha value is -3.04. The Kier molecular flexibility index (Phi) is 6.43. The van der Waals surface area contributed by atoms with Gasteiger partial charge < -0.3 is 4.74 Å². The van der Waals surface area contributed by atoms with Crippen molar-refractivity contribution in [1.82, 2.24) is 15.0 Å². The van der Waals surface area contributed by atoms with E-state index in [0.29, 0.717) is 17.6 Å². The van der Waals surface area contributed by atoms with Gasteiger partial charge in [0.25, 0.3) is 15.9 Å². The van der Waals surface area contributed by atoms with Crippen molar-refractivity contribution in [3.63, 3.8) is 0 Å². The summed E-state index contributed by atoms with van der Waals surface area (Å²) in [5, 5.41) is 0. The van der Waals surface area contributed by atoms with Gasteiger partial charge in [-0.25, -0.2) is 18.4 Å². The molecular formula is C22H19BrN4O3S. The molecule has 0 bridgehead atoms. The lowest BCUT2D eigenvalue weighted by Gasteiger charge is -2.13. The Morgan fingerprint density at radius 3 is 2.39 bits per heavy atom. The summed E-state index contributed by atoms with van der Waals surface area (Å²) in [7, 11) is -3.86. The van der Waals surface area contributed by atoms with Crippen molar-refractivity contribution in [1.29, 1.82) is 0 Å². The van der Waals surface area contributed by atoms with Gasteiger partial charge in [0.05, 0.1) is 22.5 Å². The maximum Gasteiger partial charge on any atom is 0.263 e. The largest absolute Gasteiger partial charge is 0.475 e. The molecule has 0 saturated carbocycles. The predicted molar refractivity (Wildman–Crippen MR) is 123 cm³/mol. The van der Waals surface area contributed by atoms with Gasteiger partial charge in [-0.1, -0.05) is 34.1 Å². The van der Waals surface area contributed by atoms with Crippen molar-refractivity contribution >= 4 is 42.8 Å². The zero-order valence-corrected chi connectivity index (χ0v) is 18.8. The summed E-state index contributed by atoms with van der Waals surface area (Å²) in [6, 6.07) is 17.5. The van der Waals surface area contributed by atoms with Crippen molar-refractivity contribution in [3.8, 4) is 5.88 Å². The molecule has 4 aromatic rings. The Labute approximate surface area is 188 Å². The van der Waals surface area contributed by atoms with E-state index in [0.717, 1.165) is 22.9 Å². The summed E-state index contributed by atoms with van der Waals surface area (Å²) in [4.78, 5) is 13.1. The lowest BCUT2D eigenvalue weighted by Crippen LogP contribution is -2.16. The third-order valence-corrected chi connectivity index (χ3v) is 6.35. The van der Waals surface area contributed by atoms with Gasteiger partial charge in [0, 0.05) is 16.9 Å². The summed E-state index contributed by atoms with van der Waals surface area (Å²) in [5.74, 6) is 0.202. The van der Waals surface area contributed by atoms with Crippen molar-refractivity contribution < 1.29 is 13.2 Å². The minimum atomic E-state index is -3.86. The molecule has 2 aromatic heterocycles. The molecule has 158 valence electrons. The van der Waals surface area contributed by atoms with Crippen LogP contribution < -0.4 is 9.46 Å². The third kappa shape index (κ3) is 5.36. The number of benzene rings is 2. The molecule has 0 radical (unpaired) electrons. The van der Waals surface area contributed by atoms with Gasteiger partial charge >= 0.3 is 0 Å². The average molecular weight is 499 g/mol. The molecule has 0 fully saturated rings. The monoisotopic (exact) mass is 498 g/mol. The first kappa shape index (κ1) is 21.2. The van der Waals surface area contributed by atoms with Crippen molar-refractivity contribution in [3.05, 3.63) is 83.1 Å². The second-order valence-corrected chi connectivity index (χ2v) is 9.34. The number of nitrogens with zero attached hydrogens (tertiary/aromatic N) is 3. The number of hydrogen-bond acceptors (Lipinski definition) is 6. The summed E-state index contributed by atoms with van der Waals surface area (Å²) < 4.78 is 34.9. The van der Waals surface area contributed by atoms with Crippen LogP contribution in [-0.2, 0) is 16.4 Å². The van der Waals surface area contributed by atoms with Crippen molar-refractivity contribution in [2.45, 2.75) is 17.7 Å². The first-order valence-corrected chi connectivity index (χ1v) is 11.9. The number of pyridine rings is 1. The lowest BCUT2D eigenvalue weighted by molar-refractivity contribution is 0.301. The first-order chi connectivity index (χ1) is 15.0. The molecule has 0 aliphatic heterocycles. The highest BCUT2D eigenvalue weighted by molar-refractivity contribution is 9.10. The standard InChI is InChI=1S/C22H19BrN4O3S/c23-17-9-11-18(12-10-17)31(28,29)27-21-22(26-20-8-2-1-7-19(20)25-21)30-14-4-6-16-5-3-13-24-15-16/h1-3,5,7-13,15H,4,6,14H2,(H,25,27). The predicted octanol–water partition coefficient (Wildman–Crippen LogP) is 4.60. The fraction of sp³-hybridized carbons (Fsp3) is 0.136. The van der Waals surface area contributed by atoms with Crippen LogP contribution in [0.15, 0.2) is 82.4 Å². The fourth-order valence-electron chi connectivity index (χ4n) is 2.94. The number of anilines is 1. The summed E-state index contributed by atoms with van der Waals surface area (Å²) in [5.41, 5.74) is 2.29.